The van der Waals surface area contributed by atoms with Crippen LogP contribution < -0.4 is 4.74 Å². The summed E-state index contributed by atoms with van der Waals surface area (Å²) in [5.41, 5.74) is 1.82. The molecule has 1 N–H and O–H groups in total. The summed E-state index contributed by atoms with van der Waals surface area (Å²) in [5, 5.41) is 10.4. The lowest BCUT2D eigenvalue weighted by Crippen LogP contribution is -2.29. The van der Waals surface area contributed by atoms with Gasteiger partial charge in [-0.15, -0.1) is 0 Å². The van der Waals surface area contributed by atoms with E-state index in [4.69, 9.17) is 27.9 Å². The minimum atomic E-state index is -1.03. The first-order valence-corrected chi connectivity index (χ1v) is 7.11. The summed E-state index contributed by atoms with van der Waals surface area (Å²) in [6.45, 7) is 1.91. The molecular weight excluding hydrogens is 311 g/mol. The Morgan fingerprint density at radius 1 is 1.19 bits per heavy atom. The van der Waals surface area contributed by atoms with Crippen LogP contribution in [-0.2, 0) is 11.2 Å². The first kappa shape index (κ1) is 15.7. The quantitative estimate of drug-likeness (QED) is 0.887. The number of rotatable bonds is 5. The minimum Gasteiger partial charge on any atom is -0.478 e. The van der Waals surface area contributed by atoms with Crippen molar-refractivity contribution in [3.05, 3.63) is 63.6 Å². The summed E-state index contributed by atoms with van der Waals surface area (Å²) in [5.74, 6) is -0.607. The van der Waals surface area contributed by atoms with Gasteiger partial charge in [-0.25, -0.2) is 4.79 Å². The zero-order chi connectivity index (χ0) is 15.4. The summed E-state index contributed by atoms with van der Waals surface area (Å²) in [6, 6.07) is 12.1. The number of hydrogen-bond donors (Lipinski definition) is 1. The van der Waals surface area contributed by atoms with Crippen LogP contribution in [0.15, 0.2) is 42.5 Å². The highest BCUT2D eigenvalue weighted by Gasteiger charge is 2.21. The Morgan fingerprint density at radius 2 is 1.90 bits per heavy atom. The summed E-state index contributed by atoms with van der Waals surface area (Å²) < 4.78 is 5.53. The van der Waals surface area contributed by atoms with Crippen LogP contribution in [0.5, 0.6) is 5.75 Å². The van der Waals surface area contributed by atoms with Crippen LogP contribution in [-0.4, -0.2) is 17.2 Å². The van der Waals surface area contributed by atoms with Crippen LogP contribution in [0, 0.1) is 6.92 Å². The largest absolute Gasteiger partial charge is 0.478 e. The Kier molecular flexibility index (Phi) is 5.10. The lowest BCUT2D eigenvalue weighted by Gasteiger charge is -2.16. The topological polar surface area (TPSA) is 46.5 Å². The van der Waals surface area contributed by atoms with Crippen LogP contribution in [0.1, 0.15) is 11.1 Å². The van der Waals surface area contributed by atoms with Crippen molar-refractivity contribution in [2.45, 2.75) is 19.4 Å². The van der Waals surface area contributed by atoms with Gasteiger partial charge in [-0.2, -0.15) is 0 Å². The number of carboxylic acids is 1. The van der Waals surface area contributed by atoms with Gasteiger partial charge in [0.25, 0.3) is 0 Å². The van der Waals surface area contributed by atoms with E-state index in [0.29, 0.717) is 15.8 Å². The van der Waals surface area contributed by atoms with Gasteiger partial charge in [0.15, 0.2) is 6.10 Å². The van der Waals surface area contributed by atoms with Crippen molar-refractivity contribution in [2.75, 3.05) is 0 Å². The Labute approximate surface area is 133 Å². The fourth-order valence-electron chi connectivity index (χ4n) is 1.94. The van der Waals surface area contributed by atoms with Crippen LogP contribution in [0.25, 0.3) is 0 Å². The van der Waals surface area contributed by atoms with Crippen molar-refractivity contribution in [1.82, 2.24) is 0 Å². The fourth-order valence-corrected chi connectivity index (χ4v) is 2.32. The highest BCUT2D eigenvalue weighted by molar-refractivity contribution is 6.31. The SMILES string of the molecule is Cc1ccc(Cl)cc1CC(Oc1cccc(Cl)c1)C(=O)O. The molecular formula is C16H14Cl2O3. The van der Waals surface area contributed by atoms with E-state index < -0.39 is 12.1 Å². The zero-order valence-electron chi connectivity index (χ0n) is 11.3. The van der Waals surface area contributed by atoms with E-state index in [1.54, 1.807) is 36.4 Å². The van der Waals surface area contributed by atoms with Crippen LogP contribution in [0.2, 0.25) is 10.0 Å². The monoisotopic (exact) mass is 324 g/mol. The molecule has 0 saturated heterocycles. The number of carbonyl (C=O) groups is 1. The third-order valence-electron chi connectivity index (χ3n) is 3.07. The van der Waals surface area contributed by atoms with Crippen molar-refractivity contribution in [1.29, 1.82) is 0 Å². The molecule has 0 heterocycles. The number of halogens is 2. The average molecular weight is 325 g/mol. The van der Waals surface area contributed by atoms with E-state index >= 15 is 0 Å². The fraction of sp³-hybridized carbons (Fsp3) is 0.188. The maximum atomic E-state index is 11.4. The van der Waals surface area contributed by atoms with Crippen LogP contribution in [0.3, 0.4) is 0 Å². The molecule has 110 valence electrons. The van der Waals surface area contributed by atoms with Gasteiger partial charge in [-0.05, 0) is 48.4 Å². The molecule has 21 heavy (non-hydrogen) atoms. The molecule has 0 fully saturated rings. The lowest BCUT2D eigenvalue weighted by molar-refractivity contribution is -0.145. The number of ether oxygens (including phenoxy) is 1. The van der Waals surface area contributed by atoms with E-state index in [1.807, 2.05) is 13.0 Å². The molecule has 1 unspecified atom stereocenters. The molecule has 0 radical (unpaired) electrons. The Hall–Kier alpha value is -1.71. The smallest absolute Gasteiger partial charge is 0.345 e. The second kappa shape index (κ2) is 6.83. The number of benzene rings is 2. The second-order valence-electron chi connectivity index (χ2n) is 4.68. The van der Waals surface area contributed by atoms with Gasteiger partial charge >= 0.3 is 5.97 Å². The first-order chi connectivity index (χ1) is 9.95. The third kappa shape index (κ3) is 4.38. The van der Waals surface area contributed by atoms with Gasteiger partial charge in [0.2, 0.25) is 0 Å². The molecule has 2 aromatic rings. The van der Waals surface area contributed by atoms with Crippen molar-refractivity contribution in [3.63, 3.8) is 0 Å². The van der Waals surface area contributed by atoms with Gasteiger partial charge < -0.3 is 9.84 Å². The standard InChI is InChI=1S/C16H14Cl2O3/c1-10-5-6-13(18)7-11(10)8-15(16(19)20)21-14-4-2-3-12(17)9-14/h2-7,9,15H,8H2,1H3,(H,19,20). The van der Waals surface area contributed by atoms with E-state index in [9.17, 15) is 9.90 Å². The molecule has 1 atom stereocenters. The molecule has 2 rings (SSSR count). The van der Waals surface area contributed by atoms with Crippen LogP contribution >= 0.6 is 23.2 Å². The number of carboxylic acid groups (broad SMARTS) is 1. The molecule has 0 aliphatic heterocycles. The van der Waals surface area contributed by atoms with Crippen LogP contribution in [0.4, 0.5) is 0 Å². The van der Waals surface area contributed by atoms with Gasteiger partial charge in [0.1, 0.15) is 5.75 Å². The van der Waals surface area contributed by atoms with Gasteiger partial charge in [0, 0.05) is 16.5 Å². The van der Waals surface area contributed by atoms with Crippen molar-refractivity contribution in [2.24, 2.45) is 0 Å². The highest BCUT2D eigenvalue weighted by atomic mass is 35.5. The molecule has 0 bridgehead atoms. The van der Waals surface area contributed by atoms with Crippen molar-refractivity contribution < 1.29 is 14.6 Å². The van der Waals surface area contributed by atoms with Crippen molar-refractivity contribution >= 4 is 29.2 Å². The normalized spacial score (nSPS) is 12.0. The molecule has 3 nitrogen and oxygen atoms in total. The predicted octanol–water partition coefficient (Wildman–Crippen LogP) is 4.38. The first-order valence-electron chi connectivity index (χ1n) is 6.36. The number of aliphatic carboxylic acids is 1. The Bertz CT molecular complexity index is 656. The molecule has 0 amide bonds. The third-order valence-corrected chi connectivity index (χ3v) is 3.54. The summed E-state index contributed by atoms with van der Waals surface area (Å²) in [7, 11) is 0. The maximum absolute atomic E-state index is 11.4. The minimum absolute atomic E-state index is 0.230. The molecule has 0 aliphatic rings. The number of aryl methyl sites for hydroxylation is 1. The summed E-state index contributed by atoms with van der Waals surface area (Å²) in [4.78, 5) is 11.4. The average Bonchev–Trinajstić information content (AvgIpc) is 2.42. The number of hydrogen-bond acceptors (Lipinski definition) is 2. The van der Waals surface area contributed by atoms with E-state index in [2.05, 4.69) is 0 Å². The van der Waals surface area contributed by atoms with Gasteiger partial charge in [-0.3, -0.25) is 0 Å². The lowest BCUT2D eigenvalue weighted by atomic mass is 10.0. The zero-order valence-corrected chi connectivity index (χ0v) is 12.9. The second-order valence-corrected chi connectivity index (χ2v) is 5.55. The molecule has 5 heteroatoms. The van der Waals surface area contributed by atoms with Gasteiger partial charge in [0.05, 0.1) is 0 Å². The Balaban J connectivity index is 2.20. The maximum Gasteiger partial charge on any atom is 0.345 e. The van der Waals surface area contributed by atoms with E-state index in [-0.39, 0.29) is 6.42 Å². The molecule has 2 aromatic carbocycles. The molecule has 0 spiro atoms. The Morgan fingerprint density at radius 3 is 2.57 bits per heavy atom. The summed E-state index contributed by atoms with van der Waals surface area (Å²) in [6.07, 6.45) is -0.769. The molecule has 0 aliphatic carbocycles. The predicted molar refractivity (Wildman–Crippen MR) is 83.4 cm³/mol. The molecule has 0 saturated carbocycles. The van der Waals surface area contributed by atoms with Gasteiger partial charge in [-0.1, -0.05) is 35.3 Å². The molecule has 0 aromatic heterocycles. The highest BCUT2D eigenvalue weighted by Crippen LogP contribution is 2.22. The van der Waals surface area contributed by atoms with E-state index in [0.717, 1.165) is 11.1 Å². The van der Waals surface area contributed by atoms with Crippen molar-refractivity contribution in [3.8, 4) is 5.75 Å². The van der Waals surface area contributed by atoms with E-state index in [1.165, 1.54) is 0 Å². The summed E-state index contributed by atoms with van der Waals surface area (Å²) >= 11 is 11.8.